The Kier molecular flexibility index (Phi) is 7.24. The van der Waals surface area contributed by atoms with E-state index < -0.39 is 12.1 Å². The van der Waals surface area contributed by atoms with Crippen LogP contribution >= 0.6 is 0 Å². The summed E-state index contributed by atoms with van der Waals surface area (Å²) in [5, 5.41) is 11.4. The summed E-state index contributed by atoms with van der Waals surface area (Å²) >= 11 is 0. The molecule has 7 nitrogen and oxygen atoms in total. The first-order valence-electron chi connectivity index (χ1n) is 8.77. The summed E-state index contributed by atoms with van der Waals surface area (Å²) in [5.74, 6) is -2.76. The average Bonchev–Trinajstić information content (AvgIpc) is 2.99. The molecule has 27 heavy (non-hydrogen) atoms. The number of aryl methyl sites for hydroxylation is 1. The molecule has 10 heteroatoms. The third kappa shape index (κ3) is 5.91. The lowest BCUT2D eigenvalue weighted by Crippen LogP contribution is -2.56. The van der Waals surface area contributed by atoms with Gasteiger partial charge in [0.2, 0.25) is 0 Å². The molecule has 2 atom stereocenters. The van der Waals surface area contributed by atoms with Crippen LogP contribution in [-0.4, -0.2) is 71.4 Å². The number of rotatable bonds is 4. The SMILES string of the molecule is COCC12CCCOC1CCN(Cc1cnn(C)c1)C2.O=C(O)C(F)(F)F. The van der Waals surface area contributed by atoms with E-state index >= 15 is 0 Å². The number of aromatic nitrogens is 2. The van der Waals surface area contributed by atoms with Crippen molar-refractivity contribution in [2.45, 2.75) is 38.1 Å². The second-order valence-corrected chi connectivity index (χ2v) is 7.08. The minimum atomic E-state index is -5.08. The molecule has 2 saturated heterocycles. The van der Waals surface area contributed by atoms with Gasteiger partial charge in [0.1, 0.15) is 0 Å². The first-order valence-corrected chi connectivity index (χ1v) is 8.77. The van der Waals surface area contributed by atoms with Crippen LogP contribution in [0.2, 0.25) is 0 Å². The maximum absolute atomic E-state index is 10.6. The number of piperidine rings is 1. The fraction of sp³-hybridized carbons (Fsp3) is 0.765. The van der Waals surface area contributed by atoms with Gasteiger partial charge in [-0.2, -0.15) is 18.3 Å². The number of carboxylic acid groups (broad SMARTS) is 1. The first-order chi connectivity index (χ1) is 12.7. The van der Waals surface area contributed by atoms with Crippen molar-refractivity contribution in [1.82, 2.24) is 14.7 Å². The molecule has 1 aromatic heterocycles. The van der Waals surface area contributed by atoms with E-state index in [2.05, 4.69) is 16.2 Å². The van der Waals surface area contributed by atoms with Crippen molar-refractivity contribution in [1.29, 1.82) is 0 Å². The average molecular weight is 393 g/mol. The zero-order valence-electron chi connectivity index (χ0n) is 15.5. The number of hydrogen-bond acceptors (Lipinski definition) is 5. The van der Waals surface area contributed by atoms with Gasteiger partial charge < -0.3 is 14.6 Å². The van der Waals surface area contributed by atoms with Crippen LogP contribution in [-0.2, 0) is 27.9 Å². The van der Waals surface area contributed by atoms with Crippen molar-refractivity contribution in [2.75, 3.05) is 33.4 Å². The zero-order valence-corrected chi connectivity index (χ0v) is 15.5. The normalized spacial score (nSPS) is 26.0. The Balaban J connectivity index is 0.000000321. The smallest absolute Gasteiger partial charge is 0.475 e. The second kappa shape index (κ2) is 9.03. The Morgan fingerprint density at radius 1 is 1.52 bits per heavy atom. The lowest BCUT2D eigenvalue weighted by atomic mass is 9.73. The van der Waals surface area contributed by atoms with Gasteiger partial charge in [0.25, 0.3) is 0 Å². The number of carbonyl (C=O) groups is 1. The molecule has 0 aliphatic carbocycles. The Hall–Kier alpha value is -1.65. The Bertz CT molecular complexity index is 619. The maximum atomic E-state index is 10.6. The Morgan fingerprint density at radius 2 is 2.22 bits per heavy atom. The van der Waals surface area contributed by atoms with Gasteiger partial charge in [-0.1, -0.05) is 0 Å². The molecule has 0 saturated carbocycles. The van der Waals surface area contributed by atoms with Crippen LogP contribution in [0, 0.1) is 5.41 Å². The predicted molar refractivity (Wildman–Crippen MR) is 90.1 cm³/mol. The van der Waals surface area contributed by atoms with E-state index in [0.29, 0.717) is 6.10 Å². The fourth-order valence-corrected chi connectivity index (χ4v) is 3.83. The molecule has 0 radical (unpaired) electrons. The molecule has 1 N–H and O–H groups in total. The number of halogens is 3. The predicted octanol–water partition coefficient (Wildman–Crippen LogP) is 2.07. The second-order valence-electron chi connectivity index (χ2n) is 7.08. The minimum Gasteiger partial charge on any atom is -0.475 e. The van der Waals surface area contributed by atoms with Gasteiger partial charge >= 0.3 is 12.1 Å². The van der Waals surface area contributed by atoms with E-state index in [0.717, 1.165) is 45.7 Å². The lowest BCUT2D eigenvalue weighted by molar-refractivity contribution is -0.192. The number of ether oxygens (including phenoxy) is 2. The number of likely N-dealkylation sites (tertiary alicyclic amines) is 1. The van der Waals surface area contributed by atoms with E-state index in [9.17, 15) is 13.2 Å². The molecule has 2 unspecified atom stereocenters. The van der Waals surface area contributed by atoms with Crippen molar-refractivity contribution in [3.8, 4) is 0 Å². The molecule has 3 rings (SSSR count). The molecule has 2 fully saturated rings. The number of fused-ring (bicyclic) bond motifs is 1. The molecule has 0 spiro atoms. The van der Waals surface area contributed by atoms with Crippen LogP contribution in [0.25, 0.3) is 0 Å². The highest BCUT2D eigenvalue weighted by molar-refractivity contribution is 5.73. The van der Waals surface area contributed by atoms with Crippen molar-refractivity contribution in [3.05, 3.63) is 18.0 Å². The summed E-state index contributed by atoms with van der Waals surface area (Å²) in [5.41, 5.74) is 1.48. The van der Waals surface area contributed by atoms with E-state index in [1.807, 2.05) is 17.9 Å². The van der Waals surface area contributed by atoms with Gasteiger partial charge in [0, 0.05) is 57.6 Å². The molecule has 3 heterocycles. The Labute approximate surface area is 156 Å². The maximum Gasteiger partial charge on any atom is 0.490 e. The molecule has 1 aromatic rings. The number of hydrogen-bond donors (Lipinski definition) is 1. The van der Waals surface area contributed by atoms with Crippen molar-refractivity contribution in [3.63, 3.8) is 0 Å². The standard InChI is InChI=1S/C15H25N3O2.C2HF3O2/c1-17-9-13(8-16-17)10-18-6-4-14-15(11-18,12-19-2)5-3-7-20-14;3-2(4,5)1(6)7/h8-9,14H,3-7,10-12H2,1-2H3;(H,6,7). The van der Waals surface area contributed by atoms with Gasteiger partial charge in [0.05, 0.1) is 18.9 Å². The molecule has 0 amide bonds. The Morgan fingerprint density at radius 3 is 2.78 bits per heavy atom. The van der Waals surface area contributed by atoms with Crippen LogP contribution in [0.3, 0.4) is 0 Å². The van der Waals surface area contributed by atoms with Gasteiger partial charge in [-0.05, 0) is 19.3 Å². The van der Waals surface area contributed by atoms with Gasteiger partial charge in [-0.25, -0.2) is 4.79 Å². The van der Waals surface area contributed by atoms with Gasteiger partial charge in [-0.15, -0.1) is 0 Å². The van der Waals surface area contributed by atoms with E-state index in [-0.39, 0.29) is 5.41 Å². The van der Waals surface area contributed by atoms with Crippen molar-refractivity contribution >= 4 is 5.97 Å². The summed E-state index contributed by atoms with van der Waals surface area (Å²) in [6, 6.07) is 0. The minimum absolute atomic E-state index is 0.188. The third-order valence-corrected chi connectivity index (χ3v) is 4.91. The largest absolute Gasteiger partial charge is 0.490 e. The quantitative estimate of drug-likeness (QED) is 0.844. The fourth-order valence-electron chi connectivity index (χ4n) is 3.83. The molecular formula is C17H26F3N3O4. The molecule has 154 valence electrons. The number of nitrogens with zero attached hydrogens (tertiary/aromatic N) is 3. The number of alkyl halides is 3. The highest BCUT2D eigenvalue weighted by atomic mass is 19.4. The topological polar surface area (TPSA) is 76.8 Å². The molecule has 0 bridgehead atoms. The summed E-state index contributed by atoms with van der Waals surface area (Å²) in [4.78, 5) is 11.4. The summed E-state index contributed by atoms with van der Waals surface area (Å²) in [6.07, 6.45) is 2.85. The monoisotopic (exact) mass is 393 g/mol. The molecular weight excluding hydrogens is 367 g/mol. The highest BCUT2D eigenvalue weighted by Gasteiger charge is 2.45. The van der Waals surface area contributed by atoms with Crippen LogP contribution < -0.4 is 0 Å². The van der Waals surface area contributed by atoms with Crippen LogP contribution in [0.1, 0.15) is 24.8 Å². The number of aliphatic carboxylic acids is 1. The summed E-state index contributed by atoms with van der Waals surface area (Å²) in [6.45, 7) is 4.87. The van der Waals surface area contributed by atoms with Gasteiger partial charge in [0.15, 0.2) is 0 Å². The highest BCUT2D eigenvalue weighted by Crippen LogP contribution is 2.40. The van der Waals surface area contributed by atoms with E-state index in [1.54, 1.807) is 7.11 Å². The van der Waals surface area contributed by atoms with E-state index in [1.165, 1.54) is 12.0 Å². The molecule has 2 aliphatic rings. The van der Waals surface area contributed by atoms with Crippen LogP contribution in [0.4, 0.5) is 13.2 Å². The first kappa shape index (κ1) is 21.6. The summed E-state index contributed by atoms with van der Waals surface area (Å²) in [7, 11) is 3.78. The van der Waals surface area contributed by atoms with Gasteiger partial charge in [-0.3, -0.25) is 9.58 Å². The van der Waals surface area contributed by atoms with Crippen LogP contribution in [0.5, 0.6) is 0 Å². The zero-order chi connectivity index (χ0) is 20.1. The number of carboxylic acids is 1. The number of methoxy groups -OCH3 is 1. The third-order valence-electron chi connectivity index (χ3n) is 4.91. The lowest BCUT2D eigenvalue weighted by Gasteiger charge is -2.50. The van der Waals surface area contributed by atoms with Crippen molar-refractivity contribution in [2.24, 2.45) is 12.5 Å². The van der Waals surface area contributed by atoms with Crippen molar-refractivity contribution < 1.29 is 32.5 Å². The van der Waals surface area contributed by atoms with Crippen LogP contribution in [0.15, 0.2) is 12.4 Å². The molecule has 2 aliphatic heterocycles. The molecule has 0 aromatic carbocycles. The van der Waals surface area contributed by atoms with E-state index in [4.69, 9.17) is 19.4 Å². The summed E-state index contributed by atoms with van der Waals surface area (Å²) < 4.78 is 45.1.